The second-order valence-electron chi connectivity index (χ2n) is 8.64. The van der Waals surface area contributed by atoms with Crippen molar-refractivity contribution in [2.75, 3.05) is 55.8 Å². The van der Waals surface area contributed by atoms with Gasteiger partial charge in [0.1, 0.15) is 0 Å². The Balaban J connectivity index is 1.34. The summed E-state index contributed by atoms with van der Waals surface area (Å²) in [7, 11) is -3.31. The normalized spacial score (nSPS) is 15.0. The van der Waals surface area contributed by atoms with Crippen LogP contribution in [0, 0.1) is 0 Å². The minimum atomic E-state index is -3.31. The maximum atomic E-state index is 12.0. The van der Waals surface area contributed by atoms with E-state index in [1.54, 1.807) is 22.7 Å². The Bertz CT molecular complexity index is 1430. The first-order valence-electron chi connectivity index (χ1n) is 11.5. The van der Waals surface area contributed by atoms with Gasteiger partial charge in [-0.3, -0.25) is 4.90 Å². The third-order valence-corrected chi connectivity index (χ3v) is 7.31. The van der Waals surface area contributed by atoms with E-state index in [1.807, 2.05) is 36.4 Å². The molecule has 0 bridgehead atoms. The Morgan fingerprint density at radius 3 is 2.43 bits per heavy atom. The maximum Gasteiger partial charge on any atom is 0.247 e. The number of aliphatic hydroxyl groups is 1. The van der Waals surface area contributed by atoms with Gasteiger partial charge in [0.05, 0.1) is 17.2 Å². The van der Waals surface area contributed by atoms with Crippen LogP contribution in [0.5, 0.6) is 0 Å². The van der Waals surface area contributed by atoms with E-state index in [0.717, 1.165) is 55.4 Å². The third-order valence-electron chi connectivity index (χ3n) is 6.19. The number of pyridine rings is 1. The number of piperazine rings is 1. The number of benzene rings is 2. The summed E-state index contributed by atoms with van der Waals surface area (Å²) >= 11 is 0. The molecule has 0 saturated carbocycles. The second kappa shape index (κ2) is 9.65. The van der Waals surface area contributed by atoms with Gasteiger partial charge >= 0.3 is 0 Å². The highest BCUT2D eigenvalue weighted by molar-refractivity contribution is 7.90. The molecule has 10 heteroatoms. The van der Waals surface area contributed by atoms with E-state index in [4.69, 9.17) is 5.11 Å². The van der Waals surface area contributed by atoms with Crippen molar-refractivity contribution >= 4 is 32.8 Å². The summed E-state index contributed by atoms with van der Waals surface area (Å²) in [5.41, 5.74) is 4.20. The Kier molecular flexibility index (Phi) is 6.42. The minimum Gasteiger partial charge on any atom is -0.395 e. The molecule has 9 nitrogen and oxygen atoms in total. The summed E-state index contributed by atoms with van der Waals surface area (Å²) in [6.45, 7) is 4.69. The van der Waals surface area contributed by atoms with Crippen molar-refractivity contribution in [3.63, 3.8) is 0 Å². The second-order valence-corrected chi connectivity index (χ2v) is 10.7. The van der Waals surface area contributed by atoms with Crippen LogP contribution in [0.1, 0.15) is 0 Å². The minimum absolute atomic E-state index is 0.200. The van der Waals surface area contributed by atoms with Crippen LogP contribution in [-0.4, -0.2) is 78.6 Å². The molecular weight excluding hydrogens is 464 g/mol. The number of hydrogen-bond donors (Lipinski definition) is 2. The van der Waals surface area contributed by atoms with Gasteiger partial charge in [0.2, 0.25) is 5.95 Å². The first kappa shape index (κ1) is 23.3. The van der Waals surface area contributed by atoms with Gasteiger partial charge in [-0.2, -0.15) is 4.98 Å². The van der Waals surface area contributed by atoms with Gasteiger partial charge in [0.25, 0.3) is 0 Å². The summed E-state index contributed by atoms with van der Waals surface area (Å²) in [4.78, 5) is 9.47. The van der Waals surface area contributed by atoms with E-state index >= 15 is 0 Å². The number of nitrogens with one attached hydrogen (secondary N) is 1. The Hall–Kier alpha value is -3.47. The van der Waals surface area contributed by atoms with Gasteiger partial charge in [-0.1, -0.05) is 18.2 Å². The zero-order valence-electron chi connectivity index (χ0n) is 19.5. The molecule has 0 spiro atoms. The van der Waals surface area contributed by atoms with Crippen molar-refractivity contribution in [2.24, 2.45) is 0 Å². The third kappa shape index (κ3) is 5.14. The van der Waals surface area contributed by atoms with Crippen LogP contribution in [-0.2, 0) is 9.84 Å². The van der Waals surface area contributed by atoms with Gasteiger partial charge in [-0.25, -0.2) is 12.9 Å². The number of nitrogens with zero attached hydrogens (tertiary/aromatic N) is 5. The number of β-amino-alcohol motifs (C(OH)–C–C–N with tert-alkyl or cyclic N) is 1. The highest BCUT2D eigenvalue weighted by Crippen LogP contribution is 2.25. The maximum absolute atomic E-state index is 12.0. The van der Waals surface area contributed by atoms with Crippen molar-refractivity contribution in [2.45, 2.75) is 4.90 Å². The zero-order valence-corrected chi connectivity index (χ0v) is 20.3. The van der Waals surface area contributed by atoms with Crippen LogP contribution in [0.2, 0.25) is 0 Å². The highest BCUT2D eigenvalue weighted by atomic mass is 32.2. The standard InChI is InChI=1S/C25H28N6O3S/c1-35(33,34)22-5-2-4-19(18-22)23-6-3-7-24-27-25(28-31(23)24)26-20-8-10-21(11-9-20)30-14-12-29(13-15-30)16-17-32/h2-11,18,32H,12-17H2,1H3,(H,26,28). The molecule has 1 aliphatic heterocycles. The van der Waals surface area contributed by atoms with Crippen molar-refractivity contribution in [3.8, 4) is 11.3 Å². The van der Waals surface area contributed by atoms with Gasteiger partial charge in [0.15, 0.2) is 15.5 Å². The van der Waals surface area contributed by atoms with Crippen LogP contribution in [0.15, 0.2) is 71.6 Å². The predicted octanol–water partition coefficient (Wildman–Crippen LogP) is 2.66. The fraction of sp³-hybridized carbons (Fsp3) is 0.280. The van der Waals surface area contributed by atoms with Crippen LogP contribution < -0.4 is 10.2 Å². The smallest absolute Gasteiger partial charge is 0.247 e. The average molecular weight is 493 g/mol. The fourth-order valence-corrected chi connectivity index (χ4v) is 4.99. The molecule has 4 aromatic rings. The van der Waals surface area contributed by atoms with Gasteiger partial charge in [-0.05, 0) is 48.5 Å². The lowest BCUT2D eigenvalue weighted by atomic mass is 10.1. The van der Waals surface area contributed by atoms with E-state index < -0.39 is 9.84 Å². The molecule has 0 atom stereocenters. The summed E-state index contributed by atoms with van der Waals surface area (Å²) in [5, 5.41) is 17.0. The topological polar surface area (TPSA) is 103 Å². The molecule has 2 aromatic carbocycles. The molecule has 35 heavy (non-hydrogen) atoms. The molecule has 5 rings (SSSR count). The Morgan fingerprint density at radius 1 is 0.971 bits per heavy atom. The number of fused-ring (bicyclic) bond motifs is 1. The summed E-state index contributed by atoms with van der Waals surface area (Å²) in [6, 6.07) is 20.7. The van der Waals surface area contributed by atoms with Crippen molar-refractivity contribution < 1.29 is 13.5 Å². The number of hydrogen-bond acceptors (Lipinski definition) is 8. The highest BCUT2D eigenvalue weighted by Gasteiger charge is 2.17. The average Bonchev–Trinajstić information content (AvgIpc) is 3.27. The van der Waals surface area contributed by atoms with Crippen LogP contribution >= 0.6 is 0 Å². The molecule has 0 aliphatic carbocycles. The Labute approximate surface area is 204 Å². The fourth-order valence-electron chi connectivity index (χ4n) is 4.32. The summed E-state index contributed by atoms with van der Waals surface area (Å²) in [5.74, 6) is 0.460. The molecule has 3 heterocycles. The molecule has 1 aliphatic rings. The molecule has 2 aromatic heterocycles. The van der Waals surface area contributed by atoms with E-state index in [1.165, 1.54) is 6.26 Å². The van der Waals surface area contributed by atoms with Crippen molar-refractivity contribution in [1.82, 2.24) is 19.5 Å². The largest absolute Gasteiger partial charge is 0.395 e. The lowest BCUT2D eigenvalue weighted by Crippen LogP contribution is -2.47. The SMILES string of the molecule is CS(=O)(=O)c1cccc(-c2cccc3nc(Nc4ccc(N5CCN(CCO)CC5)cc4)nn23)c1. The molecule has 0 radical (unpaired) electrons. The van der Waals surface area contributed by atoms with Crippen LogP contribution in [0.3, 0.4) is 0 Å². The lowest BCUT2D eigenvalue weighted by Gasteiger charge is -2.35. The molecule has 2 N–H and O–H groups in total. The number of rotatable bonds is 7. The van der Waals surface area contributed by atoms with Crippen molar-refractivity contribution in [3.05, 3.63) is 66.7 Å². The molecule has 1 saturated heterocycles. The monoisotopic (exact) mass is 492 g/mol. The predicted molar refractivity (Wildman–Crippen MR) is 137 cm³/mol. The molecule has 0 amide bonds. The van der Waals surface area contributed by atoms with E-state index in [2.05, 4.69) is 37.3 Å². The van der Waals surface area contributed by atoms with Crippen molar-refractivity contribution in [1.29, 1.82) is 0 Å². The number of aromatic nitrogens is 3. The summed E-state index contributed by atoms with van der Waals surface area (Å²) in [6.07, 6.45) is 1.20. The van der Waals surface area contributed by atoms with E-state index in [-0.39, 0.29) is 11.5 Å². The first-order valence-corrected chi connectivity index (χ1v) is 13.4. The van der Waals surface area contributed by atoms with Gasteiger partial charge in [0, 0.05) is 55.9 Å². The number of aliphatic hydroxyl groups excluding tert-OH is 1. The number of anilines is 3. The first-order chi connectivity index (χ1) is 16.9. The van der Waals surface area contributed by atoms with Crippen LogP contribution in [0.25, 0.3) is 16.9 Å². The molecule has 0 unspecified atom stereocenters. The van der Waals surface area contributed by atoms with Gasteiger partial charge < -0.3 is 15.3 Å². The molecule has 182 valence electrons. The molecule has 1 fully saturated rings. The zero-order chi connectivity index (χ0) is 24.4. The number of sulfone groups is 1. The van der Waals surface area contributed by atoms with Gasteiger partial charge in [-0.15, -0.1) is 5.10 Å². The quantitative estimate of drug-likeness (QED) is 0.406. The van der Waals surface area contributed by atoms with E-state index in [0.29, 0.717) is 11.6 Å². The Morgan fingerprint density at radius 2 is 1.71 bits per heavy atom. The lowest BCUT2D eigenvalue weighted by molar-refractivity contribution is 0.189. The van der Waals surface area contributed by atoms with E-state index in [9.17, 15) is 8.42 Å². The molecular formula is C25H28N6O3S. The van der Waals surface area contributed by atoms with Crippen LogP contribution in [0.4, 0.5) is 17.3 Å². The summed E-state index contributed by atoms with van der Waals surface area (Å²) < 4.78 is 25.7.